The molecule has 1 fully saturated rings. The molecule has 0 saturated carbocycles. The molecule has 0 aromatic carbocycles. The molecular weight excluding hydrogens is 264 g/mol. The van der Waals surface area contributed by atoms with Gasteiger partial charge in [-0.3, -0.25) is 4.79 Å². The third kappa shape index (κ3) is 3.32. The molecule has 1 amide bonds. The SMILES string of the molecule is CC(C)(C)OCC(=O)N1CC(n2cc(C(=O)O)nn2)C1. The number of amides is 1. The molecule has 110 valence electrons. The zero-order valence-corrected chi connectivity index (χ0v) is 11.7. The van der Waals surface area contributed by atoms with E-state index < -0.39 is 5.97 Å². The lowest BCUT2D eigenvalue weighted by atomic mass is 10.1. The summed E-state index contributed by atoms with van der Waals surface area (Å²) in [5, 5.41) is 16.1. The number of nitrogens with zero attached hydrogens (tertiary/aromatic N) is 4. The van der Waals surface area contributed by atoms with Crippen molar-refractivity contribution < 1.29 is 19.4 Å². The Labute approximate surface area is 116 Å². The Morgan fingerprint density at radius 3 is 2.60 bits per heavy atom. The number of rotatable bonds is 4. The van der Waals surface area contributed by atoms with Gasteiger partial charge in [-0.15, -0.1) is 5.10 Å². The molecule has 2 rings (SSSR count). The van der Waals surface area contributed by atoms with E-state index in [1.54, 1.807) is 4.90 Å². The van der Waals surface area contributed by atoms with Crippen LogP contribution in [0.15, 0.2) is 6.20 Å². The molecule has 1 N–H and O–H groups in total. The van der Waals surface area contributed by atoms with Gasteiger partial charge in [0.15, 0.2) is 5.69 Å². The standard InChI is InChI=1S/C12H18N4O4/c1-12(2,3)20-7-10(17)15-4-8(5-15)16-6-9(11(18)19)13-14-16/h6,8H,4-5,7H2,1-3H3,(H,18,19). The van der Waals surface area contributed by atoms with Gasteiger partial charge in [0.2, 0.25) is 5.91 Å². The Morgan fingerprint density at radius 2 is 2.10 bits per heavy atom. The minimum absolute atomic E-state index is 0.0193. The lowest BCUT2D eigenvalue weighted by Gasteiger charge is -2.39. The summed E-state index contributed by atoms with van der Waals surface area (Å²) in [6.07, 6.45) is 1.38. The van der Waals surface area contributed by atoms with Crippen LogP contribution in [0.2, 0.25) is 0 Å². The first-order valence-electron chi connectivity index (χ1n) is 6.33. The minimum atomic E-state index is -1.11. The molecule has 20 heavy (non-hydrogen) atoms. The maximum atomic E-state index is 11.8. The van der Waals surface area contributed by atoms with Crippen LogP contribution < -0.4 is 0 Å². The smallest absolute Gasteiger partial charge is 0.358 e. The van der Waals surface area contributed by atoms with Gasteiger partial charge in [-0.25, -0.2) is 9.48 Å². The van der Waals surface area contributed by atoms with Crippen molar-refractivity contribution >= 4 is 11.9 Å². The first kappa shape index (κ1) is 14.4. The van der Waals surface area contributed by atoms with Crippen LogP contribution in [-0.4, -0.2) is 62.2 Å². The van der Waals surface area contributed by atoms with E-state index in [2.05, 4.69) is 10.3 Å². The zero-order chi connectivity index (χ0) is 14.9. The van der Waals surface area contributed by atoms with E-state index in [1.807, 2.05) is 20.8 Å². The molecule has 1 aliphatic rings. The molecule has 0 unspecified atom stereocenters. The average Bonchev–Trinajstić information content (AvgIpc) is 2.72. The number of aromatic carboxylic acids is 1. The predicted molar refractivity (Wildman–Crippen MR) is 68.3 cm³/mol. The number of carboxylic acid groups (broad SMARTS) is 1. The molecule has 8 heteroatoms. The van der Waals surface area contributed by atoms with E-state index in [0.29, 0.717) is 13.1 Å². The molecule has 0 bridgehead atoms. The van der Waals surface area contributed by atoms with Gasteiger partial charge in [0.25, 0.3) is 0 Å². The summed E-state index contributed by atoms with van der Waals surface area (Å²) < 4.78 is 6.90. The number of ether oxygens (including phenoxy) is 1. The second-order valence-electron chi connectivity index (χ2n) is 5.74. The molecule has 2 heterocycles. The number of carboxylic acids is 1. The summed E-state index contributed by atoms with van der Waals surface area (Å²) in [5.74, 6) is -1.18. The largest absolute Gasteiger partial charge is 0.476 e. The summed E-state index contributed by atoms with van der Waals surface area (Å²) in [7, 11) is 0. The topological polar surface area (TPSA) is 97.5 Å². The van der Waals surface area contributed by atoms with Gasteiger partial charge in [0, 0.05) is 13.1 Å². The summed E-state index contributed by atoms with van der Waals surface area (Å²) >= 11 is 0. The van der Waals surface area contributed by atoms with Crippen LogP contribution in [-0.2, 0) is 9.53 Å². The highest BCUT2D eigenvalue weighted by Gasteiger charge is 2.33. The summed E-state index contributed by atoms with van der Waals surface area (Å²) in [4.78, 5) is 24.2. The first-order chi connectivity index (χ1) is 9.26. The number of hydrogen-bond acceptors (Lipinski definition) is 5. The fraction of sp³-hybridized carbons (Fsp3) is 0.667. The number of aromatic nitrogens is 3. The van der Waals surface area contributed by atoms with Crippen molar-refractivity contribution in [2.75, 3.05) is 19.7 Å². The average molecular weight is 282 g/mol. The molecule has 1 aliphatic heterocycles. The van der Waals surface area contributed by atoms with Crippen LogP contribution >= 0.6 is 0 Å². The second kappa shape index (κ2) is 5.20. The Bertz CT molecular complexity index is 514. The number of hydrogen-bond donors (Lipinski definition) is 1. The monoisotopic (exact) mass is 282 g/mol. The predicted octanol–water partition coefficient (Wildman–Crippen LogP) is 0.175. The Kier molecular flexibility index (Phi) is 3.76. The molecular formula is C12H18N4O4. The van der Waals surface area contributed by atoms with Crippen LogP contribution in [0.4, 0.5) is 0 Å². The van der Waals surface area contributed by atoms with Crippen LogP contribution in [0.1, 0.15) is 37.3 Å². The Hall–Kier alpha value is -1.96. The molecule has 0 atom stereocenters. The second-order valence-corrected chi connectivity index (χ2v) is 5.74. The van der Waals surface area contributed by atoms with Crippen molar-refractivity contribution in [1.29, 1.82) is 0 Å². The van der Waals surface area contributed by atoms with E-state index in [-0.39, 0.29) is 29.9 Å². The highest BCUT2D eigenvalue weighted by molar-refractivity contribution is 5.84. The van der Waals surface area contributed by atoms with Gasteiger partial charge in [-0.1, -0.05) is 5.21 Å². The quantitative estimate of drug-likeness (QED) is 0.845. The molecule has 0 radical (unpaired) electrons. The number of likely N-dealkylation sites (tertiary alicyclic amines) is 1. The lowest BCUT2D eigenvalue weighted by molar-refractivity contribution is -0.147. The number of carbonyl (C=O) groups excluding carboxylic acids is 1. The van der Waals surface area contributed by atoms with Gasteiger partial charge in [-0.05, 0) is 20.8 Å². The number of carbonyl (C=O) groups is 2. The van der Waals surface area contributed by atoms with Gasteiger partial charge >= 0.3 is 5.97 Å². The summed E-state index contributed by atoms with van der Waals surface area (Å²) in [6.45, 7) is 6.71. The summed E-state index contributed by atoms with van der Waals surface area (Å²) in [6, 6.07) is -0.0193. The van der Waals surface area contributed by atoms with E-state index in [9.17, 15) is 9.59 Å². The van der Waals surface area contributed by atoms with Crippen LogP contribution in [0.25, 0.3) is 0 Å². The van der Waals surface area contributed by atoms with Crippen LogP contribution in [0.3, 0.4) is 0 Å². The van der Waals surface area contributed by atoms with Crippen molar-refractivity contribution in [2.24, 2.45) is 0 Å². The van der Waals surface area contributed by atoms with Crippen molar-refractivity contribution in [2.45, 2.75) is 32.4 Å². The van der Waals surface area contributed by atoms with Crippen molar-refractivity contribution in [3.05, 3.63) is 11.9 Å². The highest BCUT2D eigenvalue weighted by atomic mass is 16.5. The third-order valence-electron chi connectivity index (χ3n) is 2.95. The molecule has 0 spiro atoms. The molecule has 1 aromatic heterocycles. The molecule has 8 nitrogen and oxygen atoms in total. The molecule has 1 saturated heterocycles. The van der Waals surface area contributed by atoms with Crippen molar-refractivity contribution in [1.82, 2.24) is 19.9 Å². The summed E-state index contributed by atoms with van der Waals surface area (Å²) in [5.41, 5.74) is -0.437. The van der Waals surface area contributed by atoms with Crippen molar-refractivity contribution in [3.63, 3.8) is 0 Å². The van der Waals surface area contributed by atoms with Crippen LogP contribution in [0.5, 0.6) is 0 Å². The Balaban J connectivity index is 1.81. The first-order valence-corrected chi connectivity index (χ1v) is 6.33. The van der Waals surface area contributed by atoms with Crippen LogP contribution in [0, 0.1) is 0 Å². The third-order valence-corrected chi connectivity index (χ3v) is 2.95. The maximum Gasteiger partial charge on any atom is 0.358 e. The normalized spacial score (nSPS) is 16.1. The van der Waals surface area contributed by atoms with Gasteiger partial charge in [-0.2, -0.15) is 0 Å². The fourth-order valence-corrected chi connectivity index (χ4v) is 1.75. The minimum Gasteiger partial charge on any atom is -0.476 e. The zero-order valence-electron chi connectivity index (χ0n) is 11.7. The van der Waals surface area contributed by atoms with Crippen molar-refractivity contribution in [3.8, 4) is 0 Å². The van der Waals surface area contributed by atoms with E-state index in [1.165, 1.54) is 10.9 Å². The van der Waals surface area contributed by atoms with E-state index in [4.69, 9.17) is 9.84 Å². The molecule has 1 aromatic rings. The van der Waals surface area contributed by atoms with E-state index >= 15 is 0 Å². The van der Waals surface area contributed by atoms with Gasteiger partial charge in [0.1, 0.15) is 6.61 Å². The van der Waals surface area contributed by atoms with E-state index in [0.717, 1.165) is 0 Å². The maximum absolute atomic E-state index is 11.8. The van der Waals surface area contributed by atoms with Gasteiger partial charge in [0.05, 0.1) is 17.8 Å². The fourth-order valence-electron chi connectivity index (χ4n) is 1.75. The highest BCUT2D eigenvalue weighted by Crippen LogP contribution is 2.21. The molecule has 0 aliphatic carbocycles. The lowest BCUT2D eigenvalue weighted by Crippen LogP contribution is -2.52. The van der Waals surface area contributed by atoms with Gasteiger partial charge < -0.3 is 14.7 Å². The Morgan fingerprint density at radius 1 is 1.45 bits per heavy atom.